The zero-order valence-corrected chi connectivity index (χ0v) is 9.32. The van der Waals surface area contributed by atoms with Gasteiger partial charge in [0.05, 0.1) is 18.1 Å². The first-order valence-corrected chi connectivity index (χ1v) is 5.77. The summed E-state index contributed by atoms with van der Waals surface area (Å²) < 4.78 is 4.95. The van der Waals surface area contributed by atoms with Gasteiger partial charge >= 0.3 is 0 Å². The van der Waals surface area contributed by atoms with Crippen LogP contribution >= 0.6 is 11.8 Å². The first-order valence-electron chi connectivity index (χ1n) is 4.79. The maximum absolute atomic E-state index is 11.6. The van der Waals surface area contributed by atoms with Crippen molar-refractivity contribution in [1.29, 1.82) is 0 Å². The highest BCUT2D eigenvalue weighted by molar-refractivity contribution is 7.98. The largest absolute Gasteiger partial charge is 0.361 e. The maximum Gasteiger partial charge on any atom is 0.262 e. The van der Waals surface area contributed by atoms with Crippen molar-refractivity contribution >= 4 is 22.8 Å². The molecule has 0 spiro atoms. The molecule has 3 aromatic heterocycles. The molecule has 3 aromatic rings. The van der Waals surface area contributed by atoms with Crippen LogP contribution in [0.3, 0.4) is 0 Å². The van der Waals surface area contributed by atoms with E-state index in [9.17, 15) is 4.79 Å². The lowest BCUT2D eigenvalue weighted by molar-refractivity contribution is 0.395. The number of thioether (sulfide) groups is 1. The number of nitrogens with one attached hydrogen (secondary N) is 2. The fraction of sp³-hybridized carbons (Fsp3) is 0.111. The van der Waals surface area contributed by atoms with E-state index in [-0.39, 0.29) is 5.56 Å². The quantitative estimate of drug-likeness (QED) is 0.529. The van der Waals surface area contributed by atoms with Crippen molar-refractivity contribution in [2.24, 2.45) is 0 Å². The molecule has 0 saturated carbocycles. The molecular weight excluding hydrogens is 242 g/mol. The lowest BCUT2D eigenvalue weighted by Gasteiger charge is -1.97. The fourth-order valence-corrected chi connectivity index (χ4v) is 2.10. The third kappa shape index (κ3) is 1.94. The average molecular weight is 249 g/mol. The van der Waals surface area contributed by atoms with Gasteiger partial charge in [0.15, 0.2) is 10.8 Å². The highest BCUT2D eigenvalue weighted by Gasteiger charge is 2.06. The normalized spacial score (nSPS) is 11.1. The monoisotopic (exact) mass is 249 g/mol. The van der Waals surface area contributed by atoms with Crippen molar-refractivity contribution in [3.05, 3.63) is 34.6 Å². The summed E-state index contributed by atoms with van der Waals surface area (Å²) in [6.45, 7) is 0. The molecule has 0 saturated heterocycles. The maximum atomic E-state index is 11.6. The predicted molar refractivity (Wildman–Crippen MR) is 60.6 cm³/mol. The number of H-pyrrole nitrogens is 2. The molecule has 0 radical (unpaired) electrons. The molecule has 0 amide bonds. The fourth-order valence-electron chi connectivity index (χ4n) is 1.35. The van der Waals surface area contributed by atoms with Crippen LogP contribution in [-0.2, 0) is 5.75 Å². The Morgan fingerprint density at radius 1 is 1.47 bits per heavy atom. The highest BCUT2D eigenvalue weighted by atomic mass is 32.2. The van der Waals surface area contributed by atoms with Crippen LogP contribution in [0.25, 0.3) is 11.0 Å². The Kier molecular flexibility index (Phi) is 2.41. The van der Waals surface area contributed by atoms with Gasteiger partial charge in [-0.2, -0.15) is 5.10 Å². The van der Waals surface area contributed by atoms with Gasteiger partial charge in [0.2, 0.25) is 0 Å². The number of hydrogen-bond acceptors (Lipinski definition) is 6. The Morgan fingerprint density at radius 3 is 3.24 bits per heavy atom. The molecule has 8 heteroatoms. The van der Waals surface area contributed by atoms with Gasteiger partial charge in [0, 0.05) is 6.07 Å². The van der Waals surface area contributed by atoms with Gasteiger partial charge in [0.25, 0.3) is 5.56 Å². The lowest BCUT2D eigenvalue weighted by atomic mass is 10.4. The summed E-state index contributed by atoms with van der Waals surface area (Å²) in [5.41, 5.74) is 0.276. The van der Waals surface area contributed by atoms with Crippen molar-refractivity contribution in [1.82, 2.24) is 25.3 Å². The van der Waals surface area contributed by atoms with Gasteiger partial charge in [-0.1, -0.05) is 16.9 Å². The summed E-state index contributed by atoms with van der Waals surface area (Å²) in [7, 11) is 0. The van der Waals surface area contributed by atoms with Gasteiger partial charge in [-0.05, 0) is 0 Å². The van der Waals surface area contributed by atoms with Gasteiger partial charge in [-0.25, -0.2) is 4.98 Å². The minimum atomic E-state index is -0.205. The van der Waals surface area contributed by atoms with E-state index in [0.717, 1.165) is 5.76 Å². The Labute approximate surface area is 98.6 Å². The summed E-state index contributed by atoms with van der Waals surface area (Å²) in [6.07, 6.45) is 3.02. The molecular formula is C9H7N5O2S. The zero-order chi connectivity index (χ0) is 11.7. The second-order valence-electron chi connectivity index (χ2n) is 3.27. The van der Waals surface area contributed by atoms with Crippen LogP contribution in [0.4, 0.5) is 0 Å². The molecule has 0 unspecified atom stereocenters. The summed E-state index contributed by atoms with van der Waals surface area (Å²) >= 11 is 1.36. The Bertz CT molecular complexity index is 687. The number of rotatable bonds is 3. The van der Waals surface area contributed by atoms with E-state index in [0.29, 0.717) is 21.9 Å². The molecule has 3 rings (SSSR count). The molecule has 0 bridgehead atoms. The smallest absolute Gasteiger partial charge is 0.262 e. The molecule has 3 heterocycles. The van der Waals surface area contributed by atoms with E-state index in [1.807, 2.05) is 0 Å². The molecule has 0 fully saturated rings. The number of fused-ring (bicyclic) bond motifs is 1. The molecule has 7 nitrogen and oxygen atoms in total. The zero-order valence-electron chi connectivity index (χ0n) is 8.51. The Hall–Kier alpha value is -2.09. The number of aromatic amines is 2. The van der Waals surface area contributed by atoms with Crippen LogP contribution in [0.1, 0.15) is 5.76 Å². The summed E-state index contributed by atoms with van der Waals surface area (Å²) in [6, 6.07) is 1.76. The molecule has 0 aliphatic rings. The topological polar surface area (TPSA) is 100 Å². The van der Waals surface area contributed by atoms with Crippen LogP contribution in [0.5, 0.6) is 0 Å². The average Bonchev–Trinajstić information content (AvgIpc) is 2.97. The highest BCUT2D eigenvalue weighted by Crippen LogP contribution is 2.18. The van der Waals surface area contributed by atoms with Gasteiger partial charge in [0.1, 0.15) is 11.1 Å². The minimum Gasteiger partial charge on any atom is -0.361 e. The molecule has 86 valence electrons. The SMILES string of the molecule is O=c1[nH]c(SCc2ccno2)nc2[nH]ncc12. The molecule has 2 N–H and O–H groups in total. The van der Waals surface area contributed by atoms with E-state index in [1.54, 1.807) is 12.3 Å². The van der Waals surface area contributed by atoms with Crippen LogP contribution in [-0.4, -0.2) is 25.3 Å². The third-order valence-electron chi connectivity index (χ3n) is 2.14. The lowest BCUT2D eigenvalue weighted by Crippen LogP contribution is -2.07. The first-order chi connectivity index (χ1) is 8.33. The second-order valence-corrected chi connectivity index (χ2v) is 4.23. The molecule has 0 atom stereocenters. The predicted octanol–water partition coefficient (Wildman–Crippen LogP) is 0.926. The van der Waals surface area contributed by atoms with Crippen LogP contribution in [0.2, 0.25) is 0 Å². The molecule has 0 aliphatic heterocycles. The Balaban J connectivity index is 1.88. The van der Waals surface area contributed by atoms with Gasteiger partial charge in [-0.15, -0.1) is 0 Å². The number of aromatic nitrogens is 5. The minimum absolute atomic E-state index is 0.205. The second kappa shape index (κ2) is 4.06. The number of nitrogens with zero attached hydrogens (tertiary/aromatic N) is 3. The van der Waals surface area contributed by atoms with Crippen molar-refractivity contribution in [2.75, 3.05) is 0 Å². The van der Waals surface area contributed by atoms with Crippen LogP contribution < -0.4 is 5.56 Å². The van der Waals surface area contributed by atoms with Crippen molar-refractivity contribution in [2.45, 2.75) is 10.9 Å². The first kappa shape index (κ1) is 10.1. The standard InChI is InChI=1S/C9H7N5O2S/c15-8-6-3-10-14-7(6)12-9(13-8)17-4-5-1-2-11-16-5/h1-3H,4H2,(H2,10,12,13,14,15). The van der Waals surface area contributed by atoms with E-state index in [2.05, 4.69) is 25.3 Å². The van der Waals surface area contributed by atoms with Crippen molar-refractivity contribution in [3.63, 3.8) is 0 Å². The van der Waals surface area contributed by atoms with E-state index >= 15 is 0 Å². The van der Waals surface area contributed by atoms with Gasteiger partial charge in [-0.3, -0.25) is 9.89 Å². The van der Waals surface area contributed by atoms with E-state index in [4.69, 9.17) is 4.52 Å². The third-order valence-corrected chi connectivity index (χ3v) is 3.04. The van der Waals surface area contributed by atoms with Crippen LogP contribution in [0, 0.1) is 0 Å². The van der Waals surface area contributed by atoms with E-state index < -0.39 is 0 Å². The van der Waals surface area contributed by atoms with Crippen LogP contribution in [0.15, 0.2) is 32.9 Å². The summed E-state index contributed by atoms with van der Waals surface area (Å²) in [5, 5.41) is 11.0. The Morgan fingerprint density at radius 2 is 2.41 bits per heavy atom. The summed E-state index contributed by atoms with van der Waals surface area (Å²) in [4.78, 5) is 18.5. The van der Waals surface area contributed by atoms with Crippen molar-refractivity contribution in [3.8, 4) is 0 Å². The number of hydrogen-bond donors (Lipinski definition) is 2. The molecule has 0 aliphatic carbocycles. The summed E-state index contributed by atoms with van der Waals surface area (Å²) in [5.74, 6) is 1.28. The van der Waals surface area contributed by atoms with Gasteiger partial charge < -0.3 is 9.51 Å². The molecule has 17 heavy (non-hydrogen) atoms. The van der Waals surface area contributed by atoms with Crippen molar-refractivity contribution < 1.29 is 4.52 Å². The van der Waals surface area contributed by atoms with E-state index in [1.165, 1.54) is 18.0 Å². The molecule has 0 aromatic carbocycles.